The summed E-state index contributed by atoms with van der Waals surface area (Å²) in [6.07, 6.45) is 0.461. The van der Waals surface area contributed by atoms with E-state index >= 15 is 0 Å². The SMILES string of the molecule is COCCN(CCC(N)=S)C(=O)c1ccc(C)c(O)c1. The highest BCUT2D eigenvalue weighted by molar-refractivity contribution is 7.80. The van der Waals surface area contributed by atoms with E-state index in [0.717, 1.165) is 5.56 Å². The van der Waals surface area contributed by atoms with Crippen molar-refractivity contribution in [1.82, 2.24) is 4.90 Å². The zero-order chi connectivity index (χ0) is 15.1. The lowest BCUT2D eigenvalue weighted by molar-refractivity contribution is 0.0701. The van der Waals surface area contributed by atoms with Crippen LogP contribution in [0.4, 0.5) is 0 Å². The van der Waals surface area contributed by atoms with Crippen LogP contribution in [0.1, 0.15) is 22.3 Å². The fraction of sp³-hybridized carbons (Fsp3) is 0.429. The third-order valence-electron chi connectivity index (χ3n) is 2.94. The lowest BCUT2D eigenvalue weighted by Crippen LogP contribution is -2.36. The van der Waals surface area contributed by atoms with Gasteiger partial charge in [0.2, 0.25) is 0 Å². The number of hydrogen-bond acceptors (Lipinski definition) is 4. The Bertz CT molecular complexity index is 491. The van der Waals surface area contributed by atoms with E-state index in [2.05, 4.69) is 0 Å². The average Bonchev–Trinajstić information content (AvgIpc) is 2.41. The van der Waals surface area contributed by atoms with E-state index in [1.165, 1.54) is 6.07 Å². The molecule has 0 aliphatic carbocycles. The van der Waals surface area contributed by atoms with Crippen LogP contribution >= 0.6 is 12.2 Å². The van der Waals surface area contributed by atoms with Gasteiger partial charge in [-0.25, -0.2) is 0 Å². The molecule has 0 heterocycles. The second-order valence-electron chi connectivity index (χ2n) is 4.50. The molecule has 0 unspecified atom stereocenters. The molecule has 1 rings (SSSR count). The number of rotatable bonds is 7. The van der Waals surface area contributed by atoms with E-state index in [9.17, 15) is 9.90 Å². The summed E-state index contributed by atoms with van der Waals surface area (Å²) in [7, 11) is 1.58. The van der Waals surface area contributed by atoms with E-state index in [-0.39, 0.29) is 11.7 Å². The monoisotopic (exact) mass is 296 g/mol. The van der Waals surface area contributed by atoms with Crippen molar-refractivity contribution < 1.29 is 14.6 Å². The predicted molar refractivity (Wildman–Crippen MR) is 82.0 cm³/mol. The zero-order valence-corrected chi connectivity index (χ0v) is 12.6. The first-order valence-electron chi connectivity index (χ1n) is 6.32. The van der Waals surface area contributed by atoms with Crippen LogP contribution in [-0.2, 0) is 4.74 Å². The Morgan fingerprint density at radius 2 is 2.15 bits per heavy atom. The van der Waals surface area contributed by atoms with E-state index in [1.807, 2.05) is 0 Å². The van der Waals surface area contributed by atoms with Gasteiger partial charge in [0.1, 0.15) is 5.75 Å². The maximum Gasteiger partial charge on any atom is 0.254 e. The van der Waals surface area contributed by atoms with Crippen LogP contribution in [-0.4, -0.2) is 47.7 Å². The van der Waals surface area contributed by atoms with Gasteiger partial charge in [-0.2, -0.15) is 0 Å². The summed E-state index contributed by atoms with van der Waals surface area (Å²) in [6, 6.07) is 4.88. The number of aromatic hydroxyl groups is 1. The fourth-order valence-electron chi connectivity index (χ4n) is 1.69. The summed E-state index contributed by atoms with van der Waals surface area (Å²) < 4.78 is 5.00. The van der Waals surface area contributed by atoms with Gasteiger partial charge >= 0.3 is 0 Å². The quantitative estimate of drug-likeness (QED) is 0.745. The van der Waals surface area contributed by atoms with Crippen LogP contribution in [0.25, 0.3) is 0 Å². The molecule has 0 aromatic heterocycles. The van der Waals surface area contributed by atoms with Crippen LogP contribution in [0.15, 0.2) is 18.2 Å². The molecule has 110 valence electrons. The van der Waals surface area contributed by atoms with Crippen molar-refractivity contribution in [3.8, 4) is 5.75 Å². The molecule has 3 N–H and O–H groups in total. The molecule has 1 aromatic carbocycles. The molecule has 0 fully saturated rings. The van der Waals surface area contributed by atoms with Crippen LogP contribution < -0.4 is 5.73 Å². The summed E-state index contributed by atoms with van der Waals surface area (Å²) in [5.41, 5.74) is 6.64. The van der Waals surface area contributed by atoms with Gasteiger partial charge in [-0.1, -0.05) is 18.3 Å². The summed E-state index contributed by atoms with van der Waals surface area (Å²) in [5.74, 6) is -0.0644. The third-order valence-corrected chi connectivity index (χ3v) is 3.14. The standard InChI is InChI=1S/C14H20N2O3S/c1-10-3-4-11(9-12(10)17)14(18)16(7-8-19-2)6-5-13(15)20/h3-4,9,17H,5-8H2,1-2H3,(H2,15,20). The minimum Gasteiger partial charge on any atom is -0.508 e. The zero-order valence-electron chi connectivity index (χ0n) is 11.8. The fourth-order valence-corrected chi connectivity index (χ4v) is 1.78. The largest absolute Gasteiger partial charge is 0.508 e. The second kappa shape index (κ2) is 7.81. The molecule has 0 aliphatic rings. The minimum absolute atomic E-state index is 0.108. The lowest BCUT2D eigenvalue weighted by Gasteiger charge is -2.22. The number of thiocarbonyl (C=S) groups is 1. The van der Waals surface area contributed by atoms with Gasteiger partial charge in [-0.15, -0.1) is 0 Å². The van der Waals surface area contributed by atoms with Gasteiger partial charge in [0.15, 0.2) is 0 Å². The molecule has 1 amide bonds. The van der Waals surface area contributed by atoms with Gasteiger partial charge in [0.25, 0.3) is 5.91 Å². The number of benzene rings is 1. The molecule has 0 atom stereocenters. The van der Waals surface area contributed by atoms with Crippen molar-refractivity contribution in [2.24, 2.45) is 5.73 Å². The Morgan fingerprint density at radius 3 is 2.70 bits per heavy atom. The van der Waals surface area contributed by atoms with Crippen LogP contribution in [0, 0.1) is 6.92 Å². The van der Waals surface area contributed by atoms with Crippen LogP contribution in [0.3, 0.4) is 0 Å². The van der Waals surface area contributed by atoms with E-state index in [4.69, 9.17) is 22.7 Å². The molecule has 1 aromatic rings. The normalized spacial score (nSPS) is 10.3. The van der Waals surface area contributed by atoms with Crippen LogP contribution in [0.2, 0.25) is 0 Å². The minimum atomic E-state index is -0.173. The Kier molecular flexibility index (Phi) is 6.41. The summed E-state index contributed by atoms with van der Waals surface area (Å²) in [6.45, 7) is 3.10. The number of nitrogens with two attached hydrogens (primary N) is 1. The summed E-state index contributed by atoms with van der Waals surface area (Å²) in [5, 5.41) is 9.69. The molecule has 0 saturated heterocycles. The topological polar surface area (TPSA) is 75.8 Å². The first-order chi connectivity index (χ1) is 9.45. The Labute approximate surface area is 124 Å². The molecular weight excluding hydrogens is 276 g/mol. The number of ether oxygens (including phenoxy) is 1. The highest BCUT2D eigenvalue weighted by Crippen LogP contribution is 2.18. The van der Waals surface area contributed by atoms with Crippen molar-refractivity contribution in [3.63, 3.8) is 0 Å². The van der Waals surface area contributed by atoms with Crippen molar-refractivity contribution in [3.05, 3.63) is 29.3 Å². The number of carbonyl (C=O) groups is 1. The van der Waals surface area contributed by atoms with Gasteiger partial charge in [0, 0.05) is 32.2 Å². The molecule has 6 heteroatoms. The van der Waals surface area contributed by atoms with Crippen molar-refractivity contribution in [2.75, 3.05) is 26.8 Å². The highest BCUT2D eigenvalue weighted by Gasteiger charge is 2.16. The Balaban J connectivity index is 2.84. The molecule has 0 radical (unpaired) electrons. The molecular formula is C14H20N2O3S. The van der Waals surface area contributed by atoms with Crippen molar-refractivity contribution in [2.45, 2.75) is 13.3 Å². The van der Waals surface area contributed by atoms with Crippen molar-refractivity contribution >= 4 is 23.1 Å². The van der Waals surface area contributed by atoms with Crippen molar-refractivity contribution in [1.29, 1.82) is 0 Å². The highest BCUT2D eigenvalue weighted by atomic mass is 32.1. The number of nitrogens with zero attached hydrogens (tertiary/aromatic N) is 1. The van der Waals surface area contributed by atoms with Crippen LogP contribution in [0.5, 0.6) is 5.75 Å². The number of phenolic OH excluding ortho intramolecular Hbond substituents is 1. The van der Waals surface area contributed by atoms with Gasteiger partial charge in [-0.05, 0) is 24.6 Å². The van der Waals surface area contributed by atoms with E-state index in [1.54, 1.807) is 31.1 Å². The second-order valence-corrected chi connectivity index (χ2v) is 5.03. The summed E-state index contributed by atoms with van der Waals surface area (Å²) in [4.78, 5) is 14.4. The van der Waals surface area contributed by atoms with Gasteiger partial charge in [-0.3, -0.25) is 4.79 Å². The maximum atomic E-state index is 12.4. The number of carbonyl (C=O) groups excluding carboxylic acids is 1. The average molecular weight is 296 g/mol. The first kappa shape index (κ1) is 16.4. The molecule has 0 saturated carbocycles. The number of aryl methyl sites for hydroxylation is 1. The molecule has 20 heavy (non-hydrogen) atoms. The first-order valence-corrected chi connectivity index (χ1v) is 6.72. The Morgan fingerprint density at radius 1 is 1.45 bits per heavy atom. The molecule has 0 bridgehead atoms. The third kappa shape index (κ3) is 4.79. The predicted octanol–water partition coefficient (Wildman–Crippen LogP) is 1.47. The molecule has 0 aliphatic heterocycles. The lowest BCUT2D eigenvalue weighted by atomic mass is 10.1. The van der Waals surface area contributed by atoms with E-state index in [0.29, 0.717) is 36.7 Å². The van der Waals surface area contributed by atoms with Gasteiger partial charge < -0.3 is 20.5 Å². The van der Waals surface area contributed by atoms with E-state index < -0.39 is 0 Å². The smallest absolute Gasteiger partial charge is 0.254 e. The maximum absolute atomic E-state index is 12.4. The number of phenols is 1. The number of methoxy groups -OCH3 is 1. The van der Waals surface area contributed by atoms with Gasteiger partial charge in [0.05, 0.1) is 11.6 Å². The number of amides is 1. The summed E-state index contributed by atoms with van der Waals surface area (Å²) >= 11 is 4.84. The molecule has 0 spiro atoms. The number of hydrogen-bond donors (Lipinski definition) is 2. The molecule has 5 nitrogen and oxygen atoms in total. The Hall–Kier alpha value is -1.66.